The van der Waals surface area contributed by atoms with Crippen LogP contribution in [0.1, 0.15) is 10.4 Å². The Morgan fingerprint density at radius 2 is 1.74 bits per heavy atom. The van der Waals surface area contributed by atoms with Crippen molar-refractivity contribution < 1.29 is 8.42 Å². The fraction of sp³-hybridized carbons (Fsp3) is 0.375. The number of thiophene rings is 1. The molecular formula is C16H23ClN2O2S2. The van der Waals surface area contributed by atoms with E-state index in [1.165, 1.54) is 4.31 Å². The molecule has 128 valence electrons. The number of benzene rings is 1. The van der Waals surface area contributed by atoms with E-state index in [1.807, 2.05) is 47.8 Å². The van der Waals surface area contributed by atoms with Gasteiger partial charge in [0.1, 0.15) is 0 Å². The zero-order chi connectivity index (χ0) is 15.8. The molecule has 4 nitrogen and oxygen atoms in total. The Morgan fingerprint density at radius 1 is 1.00 bits per heavy atom. The van der Waals surface area contributed by atoms with Crippen molar-refractivity contribution in [2.75, 3.05) is 25.4 Å². The molecule has 0 unspecified atom stereocenters. The zero-order valence-corrected chi connectivity index (χ0v) is 15.4. The number of sulfonamides is 1. The third-order valence-corrected chi connectivity index (χ3v) is 6.26. The Bertz CT molecular complexity index is 646. The van der Waals surface area contributed by atoms with E-state index >= 15 is 0 Å². The average molecular weight is 375 g/mol. The van der Waals surface area contributed by atoms with E-state index in [0.717, 1.165) is 10.4 Å². The first-order valence-electron chi connectivity index (χ1n) is 7.36. The van der Waals surface area contributed by atoms with Gasteiger partial charge in [0.25, 0.3) is 0 Å². The highest BCUT2D eigenvalue weighted by molar-refractivity contribution is 7.89. The average Bonchev–Trinajstić information content (AvgIpc) is 3.04. The predicted molar refractivity (Wildman–Crippen MR) is 99.8 cm³/mol. The lowest BCUT2D eigenvalue weighted by Gasteiger charge is -2.21. The van der Waals surface area contributed by atoms with Gasteiger partial charge in [-0.15, -0.1) is 23.7 Å². The number of nitrogens with zero attached hydrogens (tertiary/aromatic N) is 1. The molecule has 1 aromatic carbocycles. The molecule has 0 saturated heterocycles. The second-order valence-corrected chi connectivity index (χ2v) is 8.19. The Balaban J connectivity index is 0.00000264. The summed E-state index contributed by atoms with van der Waals surface area (Å²) in [6.07, 6.45) is 1.27. The van der Waals surface area contributed by atoms with Crippen LogP contribution in [-0.2, 0) is 22.9 Å². The Hall–Kier alpha value is -0.920. The van der Waals surface area contributed by atoms with Crippen LogP contribution in [0.2, 0.25) is 0 Å². The zero-order valence-electron chi connectivity index (χ0n) is 12.9. The quantitative estimate of drug-likeness (QED) is 0.733. The van der Waals surface area contributed by atoms with Crippen LogP contribution < -0.4 is 5.73 Å². The highest BCUT2D eigenvalue weighted by atomic mass is 35.5. The van der Waals surface area contributed by atoms with Crippen LogP contribution in [-0.4, -0.2) is 38.1 Å². The molecule has 0 spiro atoms. The van der Waals surface area contributed by atoms with Gasteiger partial charge < -0.3 is 5.73 Å². The number of halogens is 1. The van der Waals surface area contributed by atoms with Gasteiger partial charge in [-0.05, 0) is 29.9 Å². The molecule has 2 N–H and O–H groups in total. The highest BCUT2D eigenvalue weighted by Gasteiger charge is 2.21. The van der Waals surface area contributed by atoms with Crippen LogP contribution in [0, 0.1) is 0 Å². The van der Waals surface area contributed by atoms with Gasteiger partial charge in [-0.3, -0.25) is 0 Å². The molecule has 23 heavy (non-hydrogen) atoms. The first-order chi connectivity index (χ1) is 10.6. The Labute approximate surface area is 148 Å². The van der Waals surface area contributed by atoms with Crippen molar-refractivity contribution in [2.24, 2.45) is 5.73 Å². The maximum atomic E-state index is 12.5. The SMILES string of the molecule is Cl.NCCN(CCc1ccccc1)S(=O)(=O)CCc1cccs1. The van der Waals surface area contributed by atoms with Crippen molar-refractivity contribution in [1.29, 1.82) is 0 Å². The molecule has 1 aromatic heterocycles. The van der Waals surface area contributed by atoms with Gasteiger partial charge in [-0.2, -0.15) is 0 Å². The summed E-state index contributed by atoms with van der Waals surface area (Å²) in [5.41, 5.74) is 6.72. The molecule has 0 aliphatic heterocycles. The second-order valence-electron chi connectivity index (χ2n) is 5.07. The summed E-state index contributed by atoms with van der Waals surface area (Å²) in [6.45, 7) is 1.20. The van der Waals surface area contributed by atoms with E-state index in [-0.39, 0.29) is 18.2 Å². The first-order valence-corrected chi connectivity index (χ1v) is 9.85. The van der Waals surface area contributed by atoms with Crippen molar-refractivity contribution >= 4 is 33.8 Å². The van der Waals surface area contributed by atoms with Gasteiger partial charge in [-0.25, -0.2) is 12.7 Å². The van der Waals surface area contributed by atoms with Gasteiger partial charge in [0.2, 0.25) is 10.0 Å². The van der Waals surface area contributed by atoms with E-state index in [0.29, 0.717) is 32.5 Å². The molecule has 0 saturated carbocycles. The summed E-state index contributed by atoms with van der Waals surface area (Å²) in [7, 11) is -3.27. The molecule has 0 fully saturated rings. The molecule has 0 aliphatic carbocycles. The van der Waals surface area contributed by atoms with Crippen LogP contribution in [0.25, 0.3) is 0 Å². The van der Waals surface area contributed by atoms with E-state index in [2.05, 4.69) is 0 Å². The van der Waals surface area contributed by atoms with E-state index in [9.17, 15) is 8.42 Å². The van der Waals surface area contributed by atoms with Crippen LogP contribution in [0.5, 0.6) is 0 Å². The second kappa shape index (κ2) is 10.1. The fourth-order valence-electron chi connectivity index (χ4n) is 2.25. The predicted octanol–water partition coefficient (Wildman–Crippen LogP) is 2.55. The third-order valence-electron chi connectivity index (χ3n) is 3.45. The van der Waals surface area contributed by atoms with Gasteiger partial charge in [0, 0.05) is 24.5 Å². The van der Waals surface area contributed by atoms with E-state index in [1.54, 1.807) is 11.3 Å². The van der Waals surface area contributed by atoms with Crippen molar-refractivity contribution in [3.63, 3.8) is 0 Å². The first kappa shape index (κ1) is 20.1. The fourth-order valence-corrected chi connectivity index (χ4v) is 4.57. The summed E-state index contributed by atoms with van der Waals surface area (Å²) >= 11 is 1.59. The molecular weight excluding hydrogens is 352 g/mol. The van der Waals surface area contributed by atoms with Gasteiger partial charge in [0.15, 0.2) is 0 Å². The Kier molecular flexibility index (Phi) is 8.79. The standard InChI is InChI=1S/C16H22N2O2S2.ClH/c17-10-12-18(11-8-15-5-2-1-3-6-15)22(19,20)14-9-16-7-4-13-21-16;/h1-7,13H,8-12,14,17H2;1H. The summed E-state index contributed by atoms with van der Waals surface area (Å²) in [4.78, 5) is 1.10. The lowest BCUT2D eigenvalue weighted by Crippen LogP contribution is -2.38. The number of hydrogen-bond donors (Lipinski definition) is 1. The molecule has 7 heteroatoms. The monoisotopic (exact) mass is 374 g/mol. The van der Waals surface area contributed by atoms with Crippen LogP contribution >= 0.6 is 23.7 Å². The number of nitrogens with two attached hydrogens (primary N) is 1. The molecule has 1 heterocycles. The number of rotatable bonds is 9. The van der Waals surface area contributed by atoms with Gasteiger partial charge in [0.05, 0.1) is 5.75 Å². The van der Waals surface area contributed by atoms with Crippen LogP contribution in [0.15, 0.2) is 47.8 Å². The van der Waals surface area contributed by atoms with Crippen LogP contribution in [0.3, 0.4) is 0 Å². The van der Waals surface area contributed by atoms with Crippen molar-refractivity contribution in [2.45, 2.75) is 12.8 Å². The maximum absolute atomic E-state index is 12.5. The molecule has 2 rings (SSSR count). The lowest BCUT2D eigenvalue weighted by molar-refractivity contribution is 0.421. The molecule has 0 bridgehead atoms. The smallest absolute Gasteiger partial charge is 0.214 e. The molecule has 0 atom stereocenters. The molecule has 0 aliphatic rings. The van der Waals surface area contributed by atoms with E-state index in [4.69, 9.17) is 5.73 Å². The summed E-state index contributed by atoms with van der Waals surface area (Å²) in [6, 6.07) is 13.8. The normalized spacial score (nSPS) is 11.4. The molecule has 2 aromatic rings. The van der Waals surface area contributed by atoms with Crippen molar-refractivity contribution in [3.8, 4) is 0 Å². The van der Waals surface area contributed by atoms with Crippen LogP contribution in [0.4, 0.5) is 0 Å². The topological polar surface area (TPSA) is 63.4 Å². The highest BCUT2D eigenvalue weighted by Crippen LogP contribution is 2.12. The van der Waals surface area contributed by atoms with Gasteiger partial charge >= 0.3 is 0 Å². The minimum absolute atomic E-state index is 0. The minimum Gasteiger partial charge on any atom is -0.329 e. The molecule has 0 radical (unpaired) electrons. The van der Waals surface area contributed by atoms with Gasteiger partial charge in [-0.1, -0.05) is 36.4 Å². The Morgan fingerprint density at radius 3 is 2.35 bits per heavy atom. The lowest BCUT2D eigenvalue weighted by atomic mass is 10.1. The largest absolute Gasteiger partial charge is 0.329 e. The molecule has 0 amide bonds. The van der Waals surface area contributed by atoms with E-state index < -0.39 is 10.0 Å². The summed E-state index contributed by atoms with van der Waals surface area (Å²) in [5, 5.41) is 1.97. The number of aryl methyl sites for hydroxylation is 1. The third kappa shape index (κ3) is 6.61. The minimum atomic E-state index is -3.27. The summed E-state index contributed by atoms with van der Waals surface area (Å²) < 4.78 is 26.5. The maximum Gasteiger partial charge on any atom is 0.214 e. The number of hydrogen-bond acceptors (Lipinski definition) is 4. The van der Waals surface area contributed by atoms with Crippen molar-refractivity contribution in [1.82, 2.24) is 4.31 Å². The van der Waals surface area contributed by atoms with Crippen molar-refractivity contribution in [3.05, 3.63) is 58.3 Å². The summed E-state index contributed by atoms with van der Waals surface area (Å²) in [5.74, 6) is 0.141.